The van der Waals surface area contributed by atoms with Crippen LogP contribution in [0.25, 0.3) is 0 Å². The molecule has 4 heteroatoms. The number of nitrogens with one attached hydrogen (secondary N) is 1. The summed E-state index contributed by atoms with van der Waals surface area (Å²) in [5, 5.41) is 14.4. The zero-order chi connectivity index (χ0) is 11.3. The maximum absolute atomic E-state index is 8.79. The van der Waals surface area contributed by atoms with Gasteiger partial charge in [0.25, 0.3) is 0 Å². The molecule has 0 aliphatic carbocycles. The van der Waals surface area contributed by atoms with Gasteiger partial charge >= 0.3 is 0 Å². The molecular formula is C11H18BrNOS. The van der Waals surface area contributed by atoms with Gasteiger partial charge in [-0.1, -0.05) is 6.92 Å². The molecule has 2 N–H and O–H groups in total. The molecule has 15 heavy (non-hydrogen) atoms. The Hall–Kier alpha value is 0.1000. The Kier molecular flexibility index (Phi) is 5.82. The third kappa shape index (κ3) is 4.64. The van der Waals surface area contributed by atoms with Crippen molar-refractivity contribution in [3.63, 3.8) is 0 Å². The van der Waals surface area contributed by atoms with E-state index in [1.54, 1.807) is 11.3 Å². The van der Waals surface area contributed by atoms with Crippen LogP contribution < -0.4 is 5.32 Å². The Labute approximate surface area is 104 Å². The van der Waals surface area contributed by atoms with Crippen LogP contribution in [0.4, 0.5) is 0 Å². The molecule has 2 nitrogen and oxygen atoms in total. The van der Waals surface area contributed by atoms with Crippen LogP contribution in [0.3, 0.4) is 0 Å². The Morgan fingerprint density at radius 2 is 2.27 bits per heavy atom. The Bertz CT molecular complexity index is 290. The predicted octanol–water partition coefficient (Wildman–Crippen LogP) is 3.18. The predicted molar refractivity (Wildman–Crippen MR) is 69.3 cm³/mol. The van der Waals surface area contributed by atoms with Crippen molar-refractivity contribution in [2.45, 2.75) is 26.3 Å². The lowest BCUT2D eigenvalue weighted by Crippen LogP contribution is -2.24. The average molecular weight is 292 g/mol. The monoisotopic (exact) mass is 291 g/mol. The fourth-order valence-electron chi connectivity index (χ4n) is 1.36. The van der Waals surface area contributed by atoms with Gasteiger partial charge in [-0.15, -0.1) is 11.3 Å². The highest BCUT2D eigenvalue weighted by Gasteiger charge is 2.09. The van der Waals surface area contributed by atoms with Crippen molar-refractivity contribution >= 4 is 27.3 Å². The smallest absolute Gasteiger partial charge is 0.0434 e. The minimum atomic E-state index is 0.280. The standard InChI is InChI=1S/C11H18BrNOS/c1-8(3-4-14)6-13-9(2)11-5-10(12)7-15-11/h5,7-9,13-14H,3-4,6H2,1-2H3. The molecule has 1 heterocycles. The number of aliphatic hydroxyl groups is 1. The van der Waals surface area contributed by atoms with E-state index in [0.29, 0.717) is 12.0 Å². The van der Waals surface area contributed by atoms with Crippen molar-refractivity contribution in [1.29, 1.82) is 0 Å². The largest absolute Gasteiger partial charge is 0.396 e. The summed E-state index contributed by atoms with van der Waals surface area (Å²) in [6.07, 6.45) is 0.869. The van der Waals surface area contributed by atoms with Crippen molar-refractivity contribution in [2.75, 3.05) is 13.2 Å². The van der Waals surface area contributed by atoms with Crippen molar-refractivity contribution < 1.29 is 5.11 Å². The number of hydrogen-bond donors (Lipinski definition) is 2. The fourth-order valence-corrected chi connectivity index (χ4v) is 2.83. The van der Waals surface area contributed by atoms with Crippen LogP contribution in [-0.2, 0) is 0 Å². The molecule has 1 aromatic heterocycles. The van der Waals surface area contributed by atoms with Crippen LogP contribution in [0.15, 0.2) is 15.9 Å². The maximum atomic E-state index is 8.79. The third-order valence-corrected chi connectivity index (χ3v) is 4.29. The van der Waals surface area contributed by atoms with Crippen LogP contribution in [0.5, 0.6) is 0 Å². The third-order valence-electron chi connectivity index (χ3n) is 2.41. The molecule has 2 unspecified atom stereocenters. The number of halogens is 1. The van der Waals surface area contributed by atoms with Crippen molar-refractivity contribution in [3.05, 3.63) is 20.8 Å². The molecule has 2 atom stereocenters. The van der Waals surface area contributed by atoms with Crippen LogP contribution in [0.2, 0.25) is 0 Å². The van der Waals surface area contributed by atoms with E-state index in [1.165, 1.54) is 4.88 Å². The van der Waals surface area contributed by atoms with Crippen molar-refractivity contribution in [1.82, 2.24) is 5.32 Å². The fraction of sp³-hybridized carbons (Fsp3) is 0.636. The van der Waals surface area contributed by atoms with Gasteiger partial charge in [0.1, 0.15) is 0 Å². The first-order valence-corrected chi connectivity index (χ1v) is 6.89. The molecule has 0 radical (unpaired) electrons. The average Bonchev–Trinajstić information content (AvgIpc) is 2.62. The first-order valence-electron chi connectivity index (χ1n) is 5.21. The van der Waals surface area contributed by atoms with Gasteiger partial charge in [-0.25, -0.2) is 0 Å². The van der Waals surface area contributed by atoms with Crippen molar-refractivity contribution in [3.8, 4) is 0 Å². The van der Waals surface area contributed by atoms with Gasteiger partial charge in [-0.3, -0.25) is 0 Å². The second kappa shape index (κ2) is 6.63. The lowest BCUT2D eigenvalue weighted by Gasteiger charge is -2.15. The van der Waals surface area contributed by atoms with E-state index >= 15 is 0 Å². The van der Waals surface area contributed by atoms with Gasteiger partial charge < -0.3 is 10.4 Å². The van der Waals surface area contributed by atoms with E-state index < -0.39 is 0 Å². The van der Waals surface area contributed by atoms with E-state index in [4.69, 9.17) is 5.11 Å². The summed E-state index contributed by atoms with van der Waals surface area (Å²) < 4.78 is 1.15. The summed E-state index contributed by atoms with van der Waals surface area (Å²) in [6.45, 7) is 5.56. The summed E-state index contributed by atoms with van der Waals surface area (Å²) in [6, 6.07) is 2.54. The highest BCUT2D eigenvalue weighted by molar-refractivity contribution is 9.10. The van der Waals surface area contributed by atoms with Gasteiger partial charge in [0.2, 0.25) is 0 Å². The molecular weight excluding hydrogens is 274 g/mol. The summed E-state index contributed by atoms with van der Waals surface area (Å²) in [4.78, 5) is 1.35. The SMILES string of the molecule is CC(CCO)CNC(C)c1cc(Br)cs1. The zero-order valence-corrected chi connectivity index (χ0v) is 11.6. The molecule has 1 rings (SSSR count). The molecule has 0 saturated carbocycles. The van der Waals surface area contributed by atoms with Crippen LogP contribution in [0.1, 0.15) is 31.2 Å². The summed E-state index contributed by atoms with van der Waals surface area (Å²) >= 11 is 5.22. The first kappa shape index (κ1) is 13.2. The summed E-state index contributed by atoms with van der Waals surface area (Å²) in [7, 11) is 0. The normalized spacial score (nSPS) is 15.2. The van der Waals surface area contributed by atoms with E-state index in [9.17, 15) is 0 Å². The molecule has 0 spiro atoms. The molecule has 0 aromatic carbocycles. The lowest BCUT2D eigenvalue weighted by atomic mass is 10.1. The molecule has 1 aromatic rings. The first-order chi connectivity index (χ1) is 7.13. The quantitative estimate of drug-likeness (QED) is 0.844. The highest BCUT2D eigenvalue weighted by Crippen LogP contribution is 2.25. The number of rotatable bonds is 6. The minimum absolute atomic E-state index is 0.280. The van der Waals surface area contributed by atoms with Gasteiger partial charge in [-0.2, -0.15) is 0 Å². The van der Waals surface area contributed by atoms with Crippen LogP contribution in [0, 0.1) is 5.92 Å². The maximum Gasteiger partial charge on any atom is 0.0434 e. The number of aliphatic hydroxyl groups excluding tert-OH is 1. The van der Waals surface area contributed by atoms with Crippen LogP contribution >= 0.6 is 27.3 Å². The van der Waals surface area contributed by atoms with Gasteiger partial charge in [0.15, 0.2) is 0 Å². The number of thiophene rings is 1. The van der Waals surface area contributed by atoms with E-state index in [1.807, 2.05) is 0 Å². The molecule has 0 amide bonds. The Morgan fingerprint density at radius 1 is 1.53 bits per heavy atom. The van der Waals surface area contributed by atoms with Crippen molar-refractivity contribution in [2.24, 2.45) is 5.92 Å². The Balaban J connectivity index is 2.33. The zero-order valence-electron chi connectivity index (χ0n) is 9.16. The van der Waals surface area contributed by atoms with E-state index in [-0.39, 0.29) is 6.61 Å². The molecule has 0 bridgehead atoms. The molecule has 0 aliphatic heterocycles. The molecule has 0 saturated heterocycles. The van der Waals surface area contributed by atoms with Gasteiger partial charge in [-0.05, 0) is 47.8 Å². The topological polar surface area (TPSA) is 32.3 Å². The lowest BCUT2D eigenvalue weighted by molar-refractivity contribution is 0.258. The summed E-state index contributed by atoms with van der Waals surface area (Å²) in [5.41, 5.74) is 0. The molecule has 0 fully saturated rings. The minimum Gasteiger partial charge on any atom is -0.396 e. The van der Waals surface area contributed by atoms with E-state index in [2.05, 4.69) is 46.5 Å². The highest BCUT2D eigenvalue weighted by atomic mass is 79.9. The second-order valence-electron chi connectivity index (χ2n) is 3.91. The van der Waals surface area contributed by atoms with Crippen LogP contribution in [-0.4, -0.2) is 18.3 Å². The number of hydrogen-bond acceptors (Lipinski definition) is 3. The molecule has 86 valence electrons. The van der Waals surface area contributed by atoms with E-state index in [0.717, 1.165) is 17.4 Å². The molecule has 0 aliphatic rings. The van der Waals surface area contributed by atoms with Gasteiger partial charge in [0, 0.05) is 27.4 Å². The van der Waals surface area contributed by atoms with Gasteiger partial charge in [0.05, 0.1) is 0 Å². The Morgan fingerprint density at radius 3 is 2.80 bits per heavy atom. The second-order valence-corrected chi connectivity index (χ2v) is 5.77. The summed E-state index contributed by atoms with van der Waals surface area (Å²) in [5.74, 6) is 0.529.